The molecule has 0 bridgehead atoms. The van der Waals surface area contributed by atoms with Crippen molar-refractivity contribution < 1.29 is 0 Å². The number of hydrogen-bond acceptors (Lipinski definition) is 3. The third-order valence-electron chi connectivity index (χ3n) is 1.61. The quantitative estimate of drug-likeness (QED) is 0.365. The summed E-state index contributed by atoms with van der Waals surface area (Å²) in [6.07, 6.45) is 1.74. The summed E-state index contributed by atoms with van der Waals surface area (Å²) in [5.41, 5.74) is 8.98. The van der Waals surface area contributed by atoms with E-state index in [2.05, 4.69) is 53.9 Å². The highest BCUT2D eigenvalue weighted by atomic mass is 32.2. The Bertz CT molecular complexity index is 346. The molecule has 1 rings (SSSR count). The van der Waals surface area contributed by atoms with E-state index in [1.165, 1.54) is 10.5 Å². The van der Waals surface area contributed by atoms with Crippen LogP contribution in [0.15, 0.2) is 34.3 Å². The van der Waals surface area contributed by atoms with E-state index in [1.54, 1.807) is 18.0 Å². The minimum atomic E-state index is 0.187. The molecule has 0 saturated carbocycles. The topological polar surface area (TPSA) is 50.4 Å². The van der Waals surface area contributed by atoms with Crippen LogP contribution < -0.4 is 11.2 Å². The Hall–Kier alpha value is -1.07. The molecule has 5 heteroatoms. The molecule has 3 nitrogen and oxygen atoms in total. The lowest BCUT2D eigenvalue weighted by molar-refractivity contribution is 1.04. The normalized spacial score (nSPS) is 10.5. The maximum atomic E-state index is 5.20. The molecule has 0 aliphatic heterocycles. The Kier molecular flexibility index (Phi) is 5.14. The maximum Gasteiger partial charge on any atom is 0.184 e. The van der Waals surface area contributed by atoms with E-state index in [4.69, 9.17) is 5.73 Å². The molecule has 0 unspecified atom stereocenters. The maximum absolute atomic E-state index is 5.20. The first-order valence-electron chi connectivity index (χ1n) is 4.45. The molecule has 0 aliphatic rings. The van der Waals surface area contributed by atoms with E-state index >= 15 is 0 Å². The Labute approximate surface area is 99.1 Å². The minimum absolute atomic E-state index is 0.187. The lowest BCUT2D eigenvalue weighted by Crippen LogP contribution is -2.24. The first-order valence-corrected chi connectivity index (χ1v) is 5.84. The van der Waals surface area contributed by atoms with Gasteiger partial charge in [0.05, 0.1) is 0 Å². The van der Waals surface area contributed by atoms with Crippen LogP contribution in [0.2, 0.25) is 0 Å². The summed E-state index contributed by atoms with van der Waals surface area (Å²) in [5.74, 6) is 0.790. The standard InChI is InChI=1S/C10H13N3S2/c1-8-2-4-9(5-3-8)15-7-6-12-13-10(11)14/h2-6H,7H2,1H3,(H3,11,13,14)/b12-6+. The summed E-state index contributed by atoms with van der Waals surface area (Å²) in [6, 6.07) is 8.36. The van der Waals surface area contributed by atoms with Gasteiger partial charge in [-0.05, 0) is 31.3 Å². The van der Waals surface area contributed by atoms with Gasteiger partial charge in [-0.3, -0.25) is 5.43 Å². The van der Waals surface area contributed by atoms with Crippen LogP contribution in [-0.2, 0) is 0 Å². The fourth-order valence-corrected chi connectivity index (χ4v) is 1.64. The van der Waals surface area contributed by atoms with Gasteiger partial charge in [-0.15, -0.1) is 11.8 Å². The van der Waals surface area contributed by atoms with Gasteiger partial charge in [-0.2, -0.15) is 5.10 Å². The summed E-state index contributed by atoms with van der Waals surface area (Å²) >= 11 is 6.31. The molecule has 0 atom stereocenters. The lowest BCUT2D eigenvalue weighted by atomic mass is 10.2. The molecule has 0 radical (unpaired) electrons. The zero-order valence-electron chi connectivity index (χ0n) is 8.43. The fraction of sp³-hybridized carbons (Fsp3) is 0.200. The van der Waals surface area contributed by atoms with Crippen LogP contribution in [0.25, 0.3) is 0 Å². The van der Waals surface area contributed by atoms with Gasteiger partial charge in [-0.25, -0.2) is 0 Å². The summed E-state index contributed by atoms with van der Waals surface area (Å²) in [7, 11) is 0. The number of aryl methyl sites for hydroxylation is 1. The van der Waals surface area contributed by atoms with Gasteiger partial charge in [-0.1, -0.05) is 17.7 Å². The highest BCUT2D eigenvalue weighted by Gasteiger charge is 1.91. The number of rotatable bonds is 4. The average molecular weight is 239 g/mol. The number of benzene rings is 1. The van der Waals surface area contributed by atoms with Crippen LogP contribution in [-0.4, -0.2) is 17.1 Å². The first kappa shape index (κ1) is 12.0. The molecule has 0 aromatic heterocycles. The zero-order chi connectivity index (χ0) is 11.1. The average Bonchev–Trinajstić information content (AvgIpc) is 2.20. The van der Waals surface area contributed by atoms with Crippen molar-refractivity contribution in [3.8, 4) is 0 Å². The summed E-state index contributed by atoms with van der Waals surface area (Å²) in [5, 5.41) is 4.03. The molecule has 3 N–H and O–H groups in total. The van der Waals surface area contributed by atoms with E-state index in [1.807, 2.05) is 0 Å². The number of hydrogen-bond donors (Lipinski definition) is 2. The molecule has 0 fully saturated rings. The largest absolute Gasteiger partial charge is 0.375 e. The van der Waals surface area contributed by atoms with Crippen molar-refractivity contribution in [1.29, 1.82) is 0 Å². The van der Waals surface area contributed by atoms with E-state index in [-0.39, 0.29) is 5.11 Å². The highest BCUT2D eigenvalue weighted by molar-refractivity contribution is 7.99. The number of nitrogens with two attached hydrogens (primary N) is 1. The molecular weight excluding hydrogens is 226 g/mol. The second kappa shape index (κ2) is 6.42. The molecule has 15 heavy (non-hydrogen) atoms. The van der Waals surface area contributed by atoms with Crippen molar-refractivity contribution in [2.45, 2.75) is 11.8 Å². The van der Waals surface area contributed by atoms with Gasteiger partial charge in [0.25, 0.3) is 0 Å². The monoisotopic (exact) mass is 239 g/mol. The lowest BCUT2D eigenvalue weighted by Gasteiger charge is -1.98. The van der Waals surface area contributed by atoms with Crippen molar-refractivity contribution in [1.82, 2.24) is 5.43 Å². The number of nitrogens with one attached hydrogen (secondary N) is 1. The van der Waals surface area contributed by atoms with Crippen molar-refractivity contribution in [2.75, 3.05) is 5.75 Å². The van der Waals surface area contributed by atoms with Crippen LogP contribution in [0.5, 0.6) is 0 Å². The van der Waals surface area contributed by atoms with Gasteiger partial charge in [0.1, 0.15) is 0 Å². The van der Waals surface area contributed by atoms with Crippen molar-refractivity contribution in [3.63, 3.8) is 0 Å². The number of thiocarbonyl (C=S) groups is 1. The van der Waals surface area contributed by atoms with E-state index < -0.39 is 0 Å². The Morgan fingerprint density at radius 2 is 2.20 bits per heavy atom. The van der Waals surface area contributed by atoms with Gasteiger partial charge >= 0.3 is 0 Å². The van der Waals surface area contributed by atoms with Crippen LogP contribution in [0, 0.1) is 6.92 Å². The molecule has 80 valence electrons. The fourth-order valence-electron chi connectivity index (χ4n) is 0.915. The van der Waals surface area contributed by atoms with Crippen LogP contribution in [0.3, 0.4) is 0 Å². The smallest absolute Gasteiger partial charge is 0.184 e. The number of nitrogens with zero attached hydrogens (tertiary/aromatic N) is 1. The SMILES string of the molecule is Cc1ccc(SC/C=N/NC(N)=S)cc1. The van der Waals surface area contributed by atoms with Gasteiger partial charge in [0.15, 0.2) is 5.11 Å². The minimum Gasteiger partial charge on any atom is -0.375 e. The second-order valence-electron chi connectivity index (χ2n) is 2.91. The van der Waals surface area contributed by atoms with Gasteiger partial charge in [0.2, 0.25) is 0 Å². The molecule has 1 aromatic carbocycles. The summed E-state index contributed by atoms with van der Waals surface area (Å²) in [4.78, 5) is 1.22. The predicted octanol–water partition coefficient (Wildman–Crippen LogP) is 1.91. The number of thioether (sulfide) groups is 1. The Balaban J connectivity index is 2.28. The second-order valence-corrected chi connectivity index (χ2v) is 4.45. The summed E-state index contributed by atoms with van der Waals surface area (Å²) < 4.78 is 0. The third-order valence-corrected chi connectivity index (χ3v) is 2.62. The van der Waals surface area contributed by atoms with Crippen LogP contribution in [0.4, 0.5) is 0 Å². The van der Waals surface area contributed by atoms with E-state index in [9.17, 15) is 0 Å². The van der Waals surface area contributed by atoms with E-state index in [0.717, 1.165) is 5.75 Å². The van der Waals surface area contributed by atoms with Crippen molar-refractivity contribution in [2.24, 2.45) is 10.8 Å². The first-order chi connectivity index (χ1) is 7.18. The third kappa shape index (κ3) is 5.39. The highest BCUT2D eigenvalue weighted by Crippen LogP contribution is 2.16. The molecule has 1 aromatic rings. The van der Waals surface area contributed by atoms with Crippen LogP contribution in [0.1, 0.15) is 5.56 Å². The van der Waals surface area contributed by atoms with Crippen molar-refractivity contribution >= 4 is 35.3 Å². The number of hydrazone groups is 1. The molecular formula is C10H13N3S2. The molecule has 0 aliphatic carbocycles. The summed E-state index contributed by atoms with van der Waals surface area (Å²) in [6.45, 7) is 2.07. The van der Waals surface area contributed by atoms with Crippen molar-refractivity contribution in [3.05, 3.63) is 29.8 Å². The van der Waals surface area contributed by atoms with Crippen LogP contribution >= 0.6 is 24.0 Å². The Morgan fingerprint density at radius 3 is 2.80 bits per heavy atom. The zero-order valence-corrected chi connectivity index (χ0v) is 10.1. The van der Waals surface area contributed by atoms with Gasteiger partial charge in [0, 0.05) is 16.9 Å². The Morgan fingerprint density at radius 1 is 1.53 bits per heavy atom. The van der Waals surface area contributed by atoms with E-state index in [0.29, 0.717) is 0 Å². The molecule has 0 amide bonds. The molecule has 0 spiro atoms. The molecule has 0 saturated heterocycles. The molecule has 0 heterocycles. The van der Waals surface area contributed by atoms with Gasteiger partial charge < -0.3 is 5.73 Å². The predicted molar refractivity (Wildman–Crippen MR) is 70.3 cm³/mol.